The minimum atomic E-state index is -0.611. The third-order valence-corrected chi connectivity index (χ3v) is 4.84. The van der Waals surface area contributed by atoms with E-state index >= 15 is 0 Å². The summed E-state index contributed by atoms with van der Waals surface area (Å²) in [6.07, 6.45) is 2.93. The average molecular weight is 400 g/mol. The number of nitrogens with two attached hydrogens (primary N) is 1. The van der Waals surface area contributed by atoms with Crippen LogP contribution in [0, 0.1) is 11.3 Å². The maximum absolute atomic E-state index is 12.2. The predicted octanol–water partition coefficient (Wildman–Crippen LogP) is 3.19. The van der Waals surface area contributed by atoms with E-state index in [0.717, 1.165) is 11.1 Å². The summed E-state index contributed by atoms with van der Waals surface area (Å²) in [6, 6.07) is 15.5. The number of ether oxygens (including phenoxy) is 2. The second kappa shape index (κ2) is 8.05. The van der Waals surface area contributed by atoms with E-state index < -0.39 is 12.0 Å². The Morgan fingerprint density at radius 1 is 1.17 bits per heavy atom. The van der Waals surface area contributed by atoms with Crippen LogP contribution < -0.4 is 15.2 Å². The number of rotatable bonds is 5. The van der Waals surface area contributed by atoms with Crippen LogP contribution in [0.2, 0.25) is 1.41 Å². The highest BCUT2D eigenvalue weighted by Crippen LogP contribution is 2.38. The molecule has 0 fully saturated rings. The van der Waals surface area contributed by atoms with Crippen LogP contribution in [0.3, 0.4) is 0 Å². The lowest BCUT2D eigenvalue weighted by molar-refractivity contribution is 0.0931. The number of hydrogen-bond donors (Lipinski definition) is 1. The Hall–Kier alpha value is -4.18. The second-order valence-electron chi connectivity index (χ2n) is 6.68. The van der Waals surface area contributed by atoms with Gasteiger partial charge in [-0.2, -0.15) is 5.26 Å². The molecule has 0 bridgehead atoms. The van der Waals surface area contributed by atoms with Crippen molar-refractivity contribution in [3.63, 3.8) is 0 Å². The normalized spacial score (nSPS) is 13.8. The molecule has 2 N–H and O–H groups in total. The largest absolute Gasteiger partial charge is 0.491 e. The Labute approximate surface area is 174 Å². The molecule has 2 heterocycles. The smallest absolute Gasteiger partial charge is 0.248 e. The molecule has 148 valence electrons. The summed E-state index contributed by atoms with van der Waals surface area (Å²) in [5.74, 6) is -0.0626. The Morgan fingerprint density at radius 3 is 2.60 bits per heavy atom. The molecule has 0 aliphatic carbocycles. The first-order chi connectivity index (χ1) is 15.1. The molecular formula is C23H17N3O4. The van der Waals surface area contributed by atoms with Gasteiger partial charge in [0.05, 0.1) is 12.2 Å². The minimum absolute atomic E-state index is 0.0711. The number of Topliss-reactive ketones (excluding diaryl/α,β-unsaturated/α-hetero) is 1. The van der Waals surface area contributed by atoms with Gasteiger partial charge in [-0.3, -0.25) is 14.6 Å². The van der Waals surface area contributed by atoms with Gasteiger partial charge in [0.1, 0.15) is 23.5 Å². The summed E-state index contributed by atoms with van der Waals surface area (Å²) < 4.78 is 18.9. The highest BCUT2D eigenvalue weighted by molar-refractivity contribution is 6.00. The van der Waals surface area contributed by atoms with Crippen LogP contribution in [-0.4, -0.2) is 23.3 Å². The summed E-state index contributed by atoms with van der Waals surface area (Å²) in [5, 5.41) is 9.75. The zero-order chi connectivity index (χ0) is 21.8. The van der Waals surface area contributed by atoms with Crippen LogP contribution in [0.4, 0.5) is 0 Å². The monoisotopic (exact) mass is 400 g/mol. The van der Waals surface area contributed by atoms with Crippen molar-refractivity contribution in [3.8, 4) is 17.6 Å². The second-order valence-corrected chi connectivity index (χ2v) is 6.68. The Morgan fingerprint density at radius 2 is 1.90 bits per heavy atom. The molecule has 4 rings (SSSR count). The van der Waals surface area contributed by atoms with E-state index in [0.29, 0.717) is 11.1 Å². The van der Waals surface area contributed by atoms with Gasteiger partial charge in [-0.1, -0.05) is 12.1 Å². The van der Waals surface area contributed by atoms with Gasteiger partial charge in [0.2, 0.25) is 5.91 Å². The topological polar surface area (TPSA) is 115 Å². The average Bonchev–Trinajstić information content (AvgIpc) is 2.82. The maximum Gasteiger partial charge on any atom is 0.248 e. The maximum atomic E-state index is 12.2. The molecule has 3 aromatic rings. The van der Waals surface area contributed by atoms with E-state index in [9.17, 15) is 14.9 Å². The van der Waals surface area contributed by atoms with E-state index in [4.69, 9.17) is 10.9 Å². The van der Waals surface area contributed by atoms with Crippen LogP contribution in [0.1, 0.15) is 49.9 Å². The van der Waals surface area contributed by atoms with E-state index in [2.05, 4.69) is 11.1 Å². The lowest BCUT2D eigenvalue weighted by Gasteiger charge is -2.23. The third kappa shape index (κ3) is 3.59. The van der Waals surface area contributed by atoms with Gasteiger partial charge in [-0.25, -0.2) is 0 Å². The number of pyridine rings is 1. The number of fused-ring (bicyclic) bond motifs is 1. The molecule has 0 unspecified atom stereocenters. The third-order valence-electron chi connectivity index (χ3n) is 4.84. The van der Waals surface area contributed by atoms with Gasteiger partial charge in [0, 0.05) is 24.4 Å². The van der Waals surface area contributed by atoms with Gasteiger partial charge in [0.15, 0.2) is 12.9 Å². The molecule has 7 nitrogen and oxygen atoms in total. The van der Waals surface area contributed by atoms with Crippen molar-refractivity contribution in [1.82, 2.24) is 4.98 Å². The van der Waals surface area contributed by atoms with Crippen molar-refractivity contribution in [2.24, 2.45) is 5.73 Å². The highest BCUT2D eigenvalue weighted by Gasteiger charge is 2.26. The summed E-state index contributed by atoms with van der Waals surface area (Å²) in [7, 11) is 0. The van der Waals surface area contributed by atoms with Crippen LogP contribution >= 0.6 is 0 Å². The summed E-state index contributed by atoms with van der Waals surface area (Å²) >= 11 is 0. The number of hydrogen-bond acceptors (Lipinski definition) is 6. The van der Waals surface area contributed by atoms with Crippen molar-refractivity contribution in [2.75, 3.05) is 6.61 Å². The zero-order valence-electron chi connectivity index (χ0n) is 16.8. The van der Waals surface area contributed by atoms with Crippen molar-refractivity contribution < 1.29 is 20.5 Å². The first-order valence-corrected chi connectivity index (χ1v) is 9.24. The van der Waals surface area contributed by atoms with Crippen molar-refractivity contribution in [1.29, 1.82) is 5.26 Å². The van der Waals surface area contributed by atoms with E-state index in [-0.39, 0.29) is 35.9 Å². The number of nitrogens with zero attached hydrogens (tertiary/aromatic N) is 2. The Bertz CT molecular complexity index is 1170. The molecular weight excluding hydrogens is 382 g/mol. The molecule has 1 amide bonds. The molecule has 0 saturated carbocycles. The number of nitriles is 1. The van der Waals surface area contributed by atoms with Crippen LogP contribution in [0.25, 0.3) is 0 Å². The van der Waals surface area contributed by atoms with E-state index in [1.54, 1.807) is 60.9 Å². The molecule has 0 spiro atoms. The number of carbonyl (C=O) groups is 2. The first-order valence-electron chi connectivity index (χ1n) is 9.74. The Balaban J connectivity index is 1.75. The van der Waals surface area contributed by atoms with Crippen LogP contribution in [0.5, 0.6) is 11.5 Å². The van der Waals surface area contributed by atoms with Crippen molar-refractivity contribution >= 4 is 11.7 Å². The molecule has 1 atom stereocenters. The number of carbonyl (C=O) groups excluding carboxylic acids is 2. The van der Waals surface area contributed by atoms with Crippen molar-refractivity contribution in [3.05, 3.63) is 88.7 Å². The Kier molecular flexibility index (Phi) is 4.80. The molecule has 1 aromatic heterocycles. The fourth-order valence-electron chi connectivity index (χ4n) is 3.32. The minimum Gasteiger partial charge on any atom is -0.491 e. The molecule has 1 aliphatic heterocycles. The standard InChI is InChI=1S/C23H17N3O4/c24-13-18-20(6-5-17-19(27)9-12-29-22(17)18)30-21(15-7-10-26-11-8-15)14-1-3-16(4-2-14)23(25)28/h1-8,10-11,21H,9,12H2,(H2,25,28)/t21-/m0/s1/i/hD. The van der Waals surface area contributed by atoms with Crippen molar-refractivity contribution in [2.45, 2.75) is 12.5 Å². The zero-order valence-corrected chi connectivity index (χ0v) is 15.8. The van der Waals surface area contributed by atoms with Gasteiger partial charge < -0.3 is 15.2 Å². The van der Waals surface area contributed by atoms with Crippen LogP contribution in [0.15, 0.2) is 60.9 Å². The number of aromatic nitrogens is 1. The van der Waals surface area contributed by atoms with Gasteiger partial charge in [0.25, 0.3) is 0 Å². The van der Waals surface area contributed by atoms with Gasteiger partial charge >= 0.3 is 0 Å². The summed E-state index contributed by atoms with van der Waals surface area (Å²) in [4.78, 5) is 27.9. The number of amides is 1. The quantitative estimate of drug-likeness (QED) is 0.703. The van der Waals surface area contributed by atoms with Gasteiger partial charge in [-0.15, -0.1) is 0 Å². The summed E-state index contributed by atoms with van der Waals surface area (Å²) in [6.45, 7) is 0.220. The fourth-order valence-corrected chi connectivity index (χ4v) is 3.32. The number of ketones is 1. The molecule has 0 radical (unpaired) electrons. The molecule has 7 heteroatoms. The molecule has 1 aliphatic rings. The predicted molar refractivity (Wildman–Crippen MR) is 107 cm³/mol. The lowest BCUT2D eigenvalue weighted by Crippen LogP contribution is -2.17. The molecule has 2 aromatic carbocycles. The highest BCUT2D eigenvalue weighted by atomic mass is 16.5. The van der Waals surface area contributed by atoms with Gasteiger partial charge in [-0.05, 0) is 47.5 Å². The number of benzene rings is 2. The van der Waals surface area contributed by atoms with Crippen LogP contribution in [-0.2, 0) is 0 Å². The molecule has 30 heavy (non-hydrogen) atoms. The molecule has 0 saturated heterocycles. The van der Waals surface area contributed by atoms with E-state index in [1.807, 2.05) is 5.73 Å². The summed E-state index contributed by atoms with van der Waals surface area (Å²) in [5.41, 5.74) is 4.23. The SMILES string of the molecule is [2H]NC(=O)c1ccc([C@H](Oc2ccc3c(c2C#N)OCCC3=O)c2ccncc2)cc1. The first kappa shape index (κ1) is 17.9. The number of primary amides is 1. The fraction of sp³-hybridized carbons (Fsp3) is 0.130. The van der Waals surface area contributed by atoms with E-state index in [1.165, 1.54) is 0 Å². The lowest BCUT2D eigenvalue weighted by atomic mass is 9.99.